The van der Waals surface area contributed by atoms with Crippen LogP contribution in [0.25, 0.3) is 0 Å². The third-order valence-electron chi connectivity index (χ3n) is 1.10. The van der Waals surface area contributed by atoms with Gasteiger partial charge in [0.15, 0.2) is 0 Å². The molecule has 0 saturated carbocycles. The first-order valence-electron chi connectivity index (χ1n) is 2.69. The minimum absolute atomic E-state index is 0.126. The molecule has 0 fully saturated rings. The van der Waals surface area contributed by atoms with Crippen LogP contribution in [0, 0.1) is 0 Å². The summed E-state index contributed by atoms with van der Waals surface area (Å²) >= 11 is 9.70. The van der Waals surface area contributed by atoms with Crippen LogP contribution in [0.15, 0.2) is 17.2 Å². The molecule has 2 nitrogen and oxygen atoms in total. The smallest absolute Gasteiger partial charge is 0.0864 e. The molecule has 0 radical (unpaired) electrons. The molecule has 1 heterocycles. The Bertz CT molecular complexity index is 241. The minimum atomic E-state index is -0.126. The normalized spacial score (nSPS) is 9.90. The fraction of sp³-hybridized carbons (Fsp3) is 0.167. The van der Waals surface area contributed by atoms with Crippen molar-refractivity contribution >= 4 is 24.2 Å². The number of thiol groups is 1. The van der Waals surface area contributed by atoms with Gasteiger partial charge < -0.3 is 5.11 Å². The highest BCUT2D eigenvalue weighted by atomic mass is 35.5. The average molecular weight is 176 g/mol. The number of rotatable bonds is 1. The largest absolute Gasteiger partial charge is 0.390 e. The quantitative estimate of drug-likeness (QED) is 0.635. The van der Waals surface area contributed by atoms with Crippen LogP contribution >= 0.6 is 24.2 Å². The van der Waals surface area contributed by atoms with Gasteiger partial charge in [0.2, 0.25) is 0 Å². The summed E-state index contributed by atoms with van der Waals surface area (Å²) in [6.45, 7) is -0.126. The molecule has 10 heavy (non-hydrogen) atoms. The number of hydrogen-bond donors (Lipinski definition) is 2. The maximum Gasteiger partial charge on any atom is 0.0864 e. The van der Waals surface area contributed by atoms with Crippen LogP contribution in [0.4, 0.5) is 0 Å². The summed E-state index contributed by atoms with van der Waals surface area (Å²) < 4.78 is 0. The van der Waals surface area contributed by atoms with Crippen LogP contribution in [-0.4, -0.2) is 10.1 Å². The van der Waals surface area contributed by atoms with Crippen molar-refractivity contribution < 1.29 is 5.11 Å². The molecule has 0 saturated heterocycles. The lowest BCUT2D eigenvalue weighted by atomic mass is 10.4. The van der Waals surface area contributed by atoms with Crippen molar-refractivity contribution in [2.24, 2.45) is 0 Å². The molecule has 0 aliphatic carbocycles. The molecule has 0 amide bonds. The van der Waals surface area contributed by atoms with Crippen molar-refractivity contribution in [2.45, 2.75) is 11.5 Å². The zero-order chi connectivity index (χ0) is 7.56. The van der Waals surface area contributed by atoms with E-state index >= 15 is 0 Å². The van der Waals surface area contributed by atoms with Gasteiger partial charge >= 0.3 is 0 Å². The Labute approximate surface area is 69.3 Å². The van der Waals surface area contributed by atoms with Crippen LogP contribution in [0.3, 0.4) is 0 Å². The van der Waals surface area contributed by atoms with Crippen molar-refractivity contribution in [3.63, 3.8) is 0 Å². The fourth-order valence-corrected chi connectivity index (χ4v) is 0.955. The van der Waals surface area contributed by atoms with Gasteiger partial charge in [-0.15, -0.1) is 12.6 Å². The Morgan fingerprint density at radius 3 is 2.90 bits per heavy atom. The van der Waals surface area contributed by atoms with Crippen LogP contribution < -0.4 is 0 Å². The van der Waals surface area contributed by atoms with Crippen LogP contribution in [0.1, 0.15) is 5.69 Å². The van der Waals surface area contributed by atoms with Gasteiger partial charge in [0.1, 0.15) is 0 Å². The highest BCUT2D eigenvalue weighted by molar-refractivity contribution is 7.80. The molecular weight excluding hydrogens is 170 g/mol. The van der Waals surface area contributed by atoms with Gasteiger partial charge in [0.25, 0.3) is 0 Å². The first-order chi connectivity index (χ1) is 4.75. The first kappa shape index (κ1) is 7.85. The summed E-state index contributed by atoms with van der Waals surface area (Å²) in [4.78, 5) is 4.39. The zero-order valence-electron chi connectivity index (χ0n) is 5.08. The minimum Gasteiger partial charge on any atom is -0.390 e. The molecule has 0 spiro atoms. The molecule has 0 aliphatic rings. The van der Waals surface area contributed by atoms with Crippen LogP contribution in [-0.2, 0) is 6.61 Å². The lowest BCUT2D eigenvalue weighted by Gasteiger charge is -1.99. The molecule has 0 atom stereocenters. The van der Waals surface area contributed by atoms with Gasteiger partial charge in [-0.05, 0) is 6.07 Å². The van der Waals surface area contributed by atoms with Gasteiger partial charge in [-0.3, -0.25) is 4.98 Å². The maximum absolute atomic E-state index is 8.67. The molecule has 1 rings (SSSR count). The van der Waals surface area contributed by atoms with E-state index < -0.39 is 0 Å². The first-order valence-corrected chi connectivity index (χ1v) is 3.51. The predicted octanol–water partition coefficient (Wildman–Crippen LogP) is 1.52. The lowest BCUT2D eigenvalue weighted by molar-refractivity contribution is 0.273. The molecule has 1 aromatic heterocycles. The van der Waals surface area contributed by atoms with Gasteiger partial charge in [-0.2, -0.15) is 0 Å². The monoisotopic (exact) mass is 175 g/mol. The third kappa shape index (κ3) is 1.42. The van der Waals surface area contributed by atoms with E-state index in [9.17, 15) is 0 Å². The van der Waals surface area contributed by atoms with Gasteiger partial charge in [0.05, 0.1) is 17.3 Å². The van der Waals surface area contributed by atoms with E-state index in [1.54, 1.807) is 6.07 Å². The number of nitrogens with zero attached hydrogens (tertiary/aromatic N) is 1. The molecule has 1 N–H and O–H groups in total. The summed E-state index contributed by atoms with van der Waals surface area (Å²) in [5, 5.41) is 9.19. The number of aromatic nitrogens is 1. The lowest BCUT2D eigenvalue weighted by Crippen LogP contribution is -1.90. The second kappa shape index (κ2) is 3.23. The second-order valence-corrected chi connectivity index (χ2v) is 2.60. The Hall–Kier alpha value is -0.250. The molecular formula is C6H6ClNOS. The number of pyridine rings is 1. The molecule has 1 aromatic rings. The zero-order valence-corrected chi connectivity index (χ0v) is 6.73. The van der Waals surface area contributed by atoms with Gasteiger partial charge in [0, 0.05) is 11.1 Å². The number of aliphatic hydroxyl groups is 1. The number of aliphatic hydroxyl groups excluding tert-OH is 1. The molecule has 0 unspecified atom stereocenters. The van der Waals surface area contributed by atoms with E-state index in [0.29, 0.717) is 15.6 Å². The fourth-order valence-electron chi connectivity index (χ4n) is 0.586. The summed E-state index contributed by atoms with van der Waals surface area (Å²) in [6.07, 6.45) is 1.54. The van der Waals surface area contributed by atoms with E-state index in [1.165, 1.54) is 6.20 Å². The number of hydrogen-bond acceptors (Lipinski definition) is 3. The molecule has 0 aromatic carbocycles. The summed E-state index contributed by atoms with van der Waals surface area (Å²) in [5.41, 5.74) is 0.510. The predicted molar refractivity (Wildman–Crippen MR) is 42.4 cm³/mol. The van der Waals surface area contributed by atoms with E-state index in [1.807, 2.05) is 0 Å². The third-order valence-corrected chi connectivity index (χ3v) is 2.05. The Morgan fingerprint density at radius 1 is 1.70 bits per heavy atom. The van der Waals surface area contributed by atoms with E-state index in [4.69, 9.17) is 16.7 Å². The van der Waals surface area contributed by atoms with Crippen LogP contribution in [0.2, 0.25) is 5.02 Å². The van der Waals surface area contributed by atoms with Crippen molar-refractivity contribution in [3.8, 4) is 0 Å². The SMILES string of the molecule is OCc1nccc(Cl)c1S. The van der Waals surface area contributed by atoms with E-state index in [0.717, 1.165) is 0 Å². The highest BCUT2D eigenvalue weighted by Crippen LogP contribution is 2.21. The Balaban J connectivity index is 3.14. The van der Waals surface area contributed by atoms with Crippen molar-refractivity contribution in [2.75, 3.05) is 0 Å². The summed E-state index contributed by atoms with van der Waals surface area (Å²) in [6, 6.07) is 1.63. The van der Waals surface area contributed by atoms with Crippen molar-refractivity contribution in [1.82, 2.24) is 4.98 Å². The number of halogens is 1. The standard InChI is InChI=1S/C6H6ClNOS/c7-4-1-2-8-5(3-9)6(4)10/h1-2,9-10H,3H2. The Kier molecular flexibility index (Phi) is 2.54. The maximum atomic E-state index is 8.67. The topological polar surface area (TPSA) is 33.1 Å². The summed E-state index contributed by atoms with van der Waals surface area (Å²) in [5.74, 6) is 0. The van der Waals surface area contributed by atoms with E-state index in [2.05, 4.69) is 17.6 Å². The molecule has 4 heteroatoms. The van der Waals surface area contributed by atoms with Gasteiger partial charge in [-0.1, -0.05) is 11.6 Å². The Morgan fingerprint density at radius 2 is 2.40 bits per heavy atom. The second-order valence-electron chi connectivity index (χ2n) is 1.75. The van der Waals surface area contributed by atoms with Crippen molar-refractivity contribution in [3.05, 3.63) is 23.0 Å². The van der Waals surface area contributed by atoms with E-state index in [-0.39, 0.29) is 6.61 Å². The highest BCUT2D eigenvalue weighted by Gasteiger charge is 2.01. The average Bonchev–Trinajstić information content (AvgIpc) is 1.95. The summed E-state index contributed by atoms with van der Waals surface area (Å²) in [7, 11) is 0. The van der Waals surface area contributed by atoms with Crippen molar-refractivity contribution in [1.29, 1.82) is 0 Å². The van der Waals surface area contributed by atoms with Crippen LogP contribution in [0.5, 0.6) is 0 Å². The molecule has 54 valence electrons. The van der Waals surface area contributed by atoms with Gasteiger partial charge in [-0.25, -0.2) is 0 Å². The molecule has 0 bridgehead atoms. The molecule has 0 aliphatic heterocycles.